The zero-order valence-electron chi connectivity index (χ0n) is 12.0. The van der Waals surface area contributed by atoms with Crippen LogP contribution < -0.4 is 5.32 Å². The second-order valence-electron chi connectivity index (χ2n) is 5.16. The predicted molar refractivity (Wildman–Crippen MR) is 93.7 cm³/mol. The van der Waals surface area contributed by atoms with Gasteiger partial charge in [0, 0.05) is 20.6 Å². The number of halogens is 2. The third-order valence-electron chi connectivity index (χ3n) is 3.29. The van der Waals surface area contributed by atoms with Crippen LogP contribution in [-0.4, -0.2) is 11.9 Å². The smallest absolute Gasteiger partial charge is 0.251 e. The van der Waals surface area contributed by atoms with Gasteiger partial charge in [-0.1, -0.05) is 56.1 Å². The molecule has 0 radical (unpaired) electrons. The highest BCUT2D eigenvalue weighted by molar-refractivity contribution is 9.11. The van der Waals surface area contributed by atoms with Crippen LogP contribution in [0.2, 0.25) is 0 Å². The van der Waals surface area contributed by atoms with Gasteiger partial charge in [0.05, 0.1) is 0 Å². The average Bonchev–Trinajstić information content (AvgIpc) is 2.40. The normalized spacial score (nSPS) is 12.0. The van der Waals surface area contributed by atoms with E-state index in [0.29, 0.717) is 5.56 Å². The standard InChI is InChI=1S/C17H17Br2NO/c1-11-5-3-4-6-13(11)7-12(2)20-17(21)14-8-15(18)10-16(19)9-14/h3-6,8-10,12H,7H2,1-2H3,(H,20,21). The van der Waals surface area contributed by atoms with Gasteiger partial charge < -0.3 is 5.32 Å². The third kappa shape index (κ3) is 4.68. The molecule has 21 heavy (non-hydrogen) atoms. The molecule has 0 saturated carbocycles. The summed E-state index contributed by atoms with van der Waals surface area (Å²) in [5.41, 5.74) is 3.16. The molecule has 0 aliphatic carbocycles. The van der Waals surface area contributed by atoms with E-state index in [1.54, 1.807) is 0 Å². The lowest BCUT2D eigenvalue weighted by atomic mass is 10.0. The molecular formula is C17H17Br2NO. The minimum absolute atomic E-state index is 0.0573. The molecule has 0 aliphatic rings. The van der Waals surface area contributed by atoms with Crippen LogP contribution in [0, 0.1) is 6.92 Å². The molecule has 0 saturated heterocycles. The lowest BCUT2D eigenvalue weighted by Gasteiger charge is -2.15. The molecule has 2 aromatic carbocycles. The molecule has 2 aromatic rings. The molecule has 2 rings (SSSR count). The van der Waals surface area contributed by atoms with Crippen molar-refractivity contribution < 1.29 is 4.79 Å². The monoisotopic (exact) mass is 409 g/mol. The van der Waals surface area contributed by atoms with E-state index in [0.717, 1.165) is 15.4 Å². The average molecular weight is 411 g/mol. The Morgan fingerprint density at radius 1 is 1.14 bits per heavy atom. The molecule has 0 heterocycles. The lowest BCUT2D eigenvalue weighted by Crippen LogP contribution is -2.34. The molecular weight excluding hydrogens is 394 g/mol. The van der Waals surface area contributed by atoms with Gasteiger partial charge in [0.25, 0.3) is 5.91 Å². The van der Waals surface area contributed by atoms with Crippen LogP contribution in [0.25, 0.3) is 0 Å². The Balaban J connectivity index is 2.04. The molecule has 0 aliphatic heterocycles. The van der Waals surface area contributed by atoms with Crippen molar-refractivity contribution >= 4 is 37.8 Å². The number of benzene rings is 2. The largest absolute Gasteiger partial charge is 0.349 e. The fourth-order valence-corrected chi connectivity index (χ4v) is 3.51. The molecule has 1 atom stereocenters. The highest BCUT2D eigenvalue weighted by Crippen LogP contribution is 2.20. The fourth-order valence-electron chi connectivity index (χ4n) is 2.21. The summed E-state index contributed by atoms with van der Waals surface area (Å²) in [4.78, 5) is 12.3. The summed E-state index contributed by atoms with van der Waals surface area (Å²) in [6.07, 6.45) is 0.827. The van der Waals surface area contributed by atoms with Gasteiger partial charge >= 0.3 is 0 Å². The molecule has 0 bridgehead atoms. The zero-order valence-corrected chi connectivity index (χ0v) is 15.2. The molecule has 110 valence electrons. The van der Waals surface area contributed by atoms with E-state index >= 15 is 0 Å². The number of carbonyl (C=O) groups excluding carboxylic acids is 1. The number of carbonyl (C=O) groups is 1. The Morgan fingerprint density at radius 2 is 1.76 bits per heavy atom. The SMILES string of the molecule is Cc1ccccc1CC(C)NC(=O)c1cc(Br)cc(Br)c1. The van der Waals surface area contributed by atoms with Gasteiger partial charge in [-0.15, -0.1) is 0 Å². The molecule has 1 N–H and O–H groups in total. The van der Waals surface area contributed by atoms with Crippen molar-refractivity contribution in [1.82, 2.24) is 5.32 Å². The number of nitrogens with one attached hydrogen (secondary N) is 1. The Kier molecular flexibility index (Phi) is 5.59. The second kappa shape index (κ2) is 7.23. The van der Waals surface area contributed by atoms with Crippen LogP contribution in [0.15, 0.2) is 51.4 Å². The van der Waals surface area contributed by atoms with Crippen molar-refractivity contribution in [2.45, 2.75) is 26.3 Å². The summed E-state index contributed by atoms with van der Waals surface area (Å²) < 4.78 is 1.77. The van der Waals surface area contributed by atoms with Gasteiger partial charge in [-0.2, -0.15) is 0 Å². The molecule has 0 aromatic heterocycles. The van der Waals surface area contributed by atoms with Gasteiger partial charge in [0.1, 0.15) is 0 Å². The van der Waals surface area contributed by atoms with E-state index in [-0.39, 0.29) is 11.9 Å². The first-order chi connectivity index (χ1) is 9.95. The number of aryl methyl sites for hydroxylation is 1. The van der Waals surface area contributed by atoms with Crippen LogP contribution in [0.4, 0.5) is 0 Å². The summed E-state index contributed by atoms with van der Waals surface area (Å²) in [5, 5.41) is 3.05. The van der Waals surface area contributed by atoms with E-state index in [9.17, 15) is 4.79 Å². The fraction of sp³-hybridized carbons (Fsp3) is 0.235. The van der Waals surface area contributed by atoms with E-state index in [2.05, 4.69) is 56.2 Å². The Bertz CT molecular complexity index is 635. The first-order valence-electron chi connectivity index (χ1n) is 6.77. The predicted octanol–water partition coefficient (Wildman–Crippen LogP) is 4.88. The molecule has 0 spiro atoms. The minimum Gasteiger partial charge on any atom is -0.349 e. The Labute approximate surface area is 142 Å². The summed E-state index contributed by atoms with van der Waals surface area (Å²) in [6.45, 7) is 4.12. The van der Waals surface area contributed by atoms with Crippen molar-refractivity contribution in [2.24, 2.45) is 0 Å². The Morgan fingerprint density at radius 3 is 2.38 bits per heavy atom. The molecule has 0 fully saturated rings. The van der Waals surface area contributed by atoms with Gasteiger partial charge in [0.15, 0.2) is 0 Å². The zero-order chi connectivity index (χ0) is 15.4. The van der Waals surface area contributed by atoms with Gasteiger partial charge in [-0.05, 0) is 49.6 Å². The van der Waals surface area contributed by atoms with E-state index in [4.69, 9.17) is 0 Å². The van der Waals surface area contributed by atoms with Gasteiger partial charge in [0.2, 0.25) is 0 Å². The molecule has 4 heteroatoms. The van der Waals surface area contributed by atoms with Crippen LogP contribution >= 0.6 is 31.9 Å². The van der Waals surface area contributed by atoms with Crippen LogP contribution in [0.5, 0.6) is 0 Å². The topological polar surface area (TPSA) is 29.1 Å². The summed E-state index contributed by atoms with van der Waals surface area (Å²) in [6, 6.07) is 13.9. The number of rotatable bonds is 4. The first kappa shape index (κ1) is 16.2. The maximum absolute atomic E-state index is 12.3. The van der Waals surface area contributed by atoms with Crippen molar-refractivity contribution in [3.05, 3.63) is 68.1 Å². The Hall–Kier alpha value is -1.13. The van der Waals surface area contributed by atoms with Gasteiger partial charge in [-0.25, -0.2) is 0 Å². The van der Waals surface area contributed by atoms with E-state index in [1.165, 1.54) is 11.1 Å². The van der Waals surface area contributed by atoms with Crippen LogP contribution in [-0.2, 0) is 6.42 Å². The van der Waals surface area contributed by atoms with E-state index in [1.807, 2.05) is 37.3 Å². The number of hydrogen-bond donors (Lipinski definition) is 1. The van der Waals surface area contributed by atoms with Gasteiger partial charge in [-0.3, -0.25) is 4.79 Å². The second-order valence-corrected chi connectivity index (χ2v) is 6.99. The highest BCUT2D eigenvalue weighted by atomic mass is 79.9. The van der Waals surface area contributed by atoms with Crippen molar-refractivity contribution in [3.63, 3.8) is 0 Å². The third-order valence-corrected chi connectivity index (χ3v) is 4.21. The van der Waals surface area contributed by atoms with Crippen molar-refractivity contribution in [2.75, 3.05) is 0 Å². The maximum atomic E-state index is 12.3. The van der Waals surface area contributed by atoms with E-state index < -0.39 is 0 Å². The summed E-state index contributed by atoms with van der Waals surface area (Å²) >= 11 is 6.80. The highest BCUT2D eigenvalue weighted by Gasteiger charge is 2.12. The van der Waals surface area contributed by atoms with Crippen LogP contribution in [0.1, 0.15) is 28.4 Å². The molecule has 1 unspecified atom stereocenters. The quantitative estimate of drug-likeness (QED) is 0.764. The summed E-state index contributed by atoms with van der Waals surface area (Å²) in [7, 11) is 0. The number of amides is 1. The molecule has 2 nitrogen and oxygen atoms in total. The lowest BCUT2D eigenvalue weighted by molar-refractivity contribution is 0.0940. The maximum Gasteiger partial charge on any atom is 0.251 e. The number of hydrogen-bond acceptors (Lipinski definition) is 1. The van der Waals surface area contributed by atoms with Crippen molar-refractivity contribution in [3.8, 4) is 0 Å². The van der Waals surface area contributed by atoms with Crippen molar-refractivity contribution in [1.29, 1.82) is 0 Å². The minimum atomic E-state index is -0.0573. The molecule has 1 amide bonds. The summed E-state index contributed by atoms with van der Waals surface area (Å²) in [5.74, 6) is -0.0573. The first-order valence-corrected chi connectivity index (χ1v) is 8.36. The van der Waals surface area contributed by atoms with Crippen LogP contribution in [0.3, 0.4) is 0 Å².